The predicted molar refractivity (Wildman–Crippen MR) is 63.6 cm³/mol. The summed E-state index contributed by atoms with van der Waals surface area (Å²) >= 11 is 0. The molecule has 1 heterocycles. The SMILES string of the molecule is NC(=O)C1CCCCN1C(=O)C1(C(N)=NO)CC1. The van der Waals surface area contributed by atoms with E-state index in [0.29, 0.717) is 25.8 Å². The fourth-order valence-electron chi connectivity index (χ4n) is 2.55. The van der Waals surface area contributed by atoms with Crippen molar-refractivity contribution in [3.05, 3.63) is 0 Å². The van der Waals surface area contributed by atoms with Gasteiger partial charge in [0.25, 0.3) is 0 Å². The van der Waals surface area contributed by atoms with Gasteiger partial charge in [-0.15, -0.1) is 0 Å². The van der Waals surface area contributed by atoms with E-state index < -0.39 is 17.4 Å². The van der Waals surface area contributed by atoms with Gasteiger partial charge < -0.3 is 21.6 Å². The van der Waals surface area contributed by atoms with Crippen molar-refractivity contribution in [3.8, 4) is 0 Å². The number of likely N-dealkylation sites (tertiary alicyclic amines) is 1. The molecule has 7 heteroatoms. The second-order valence-electron chi connectivity index (χ2n) is 4.98. The highest BCUT2D eigenvalue weighted by atomic mass is 16.4. The van der Waals surface area contributed by atoms with Gasteiger partial charge in [0, 0.05) is 6.54 Å². The summed E-state index contributed by atoms with van der Waals surface area (Å²) in [6.07, 6.45) is 3.44. The average molecular weight is 254 g/mol. The van der Waals surface area contributed by atoms with Crippen LogP contribution in [0.4, 0.5) is 0 Å². The summed E-state index contributed by atoms with van der Waals surface area (Å²) in [6, 6.07) is -0.560. The van der Waals surface area contributed by atoms with Crippen molar-refractivity contribution in [3.63, 3.8) is 0 Å². The van der Waals surface area contributed by atoms with E-state index >= 15 is 0 Å². The molecule has 2 rings (SSSR count). The van der Waals surface area contributed by atoms with Gasteiger partial charge in [-0.1, -0.05) is 5.16 Å². The van der Waals surface area contributed by atoms with Crippen molar-refractivity contribution >= 4 is 17.6 Å². The maximum atomic E-state index is 12.4. The third kappa shape index (κ3) is 1.89. The first-order valence-electron chi connectivity index (χ1n) is 6.11. The number of nitrogens with zero attached hydrogens (tertiary/aromatic N) is 2. The number of hydrogen-bond donors (Lipinski definition) is 3. The minimum atomic E-state index is -0.903. The van der Waals surface area contributed by atoms with E-state index in [-0.39, 0.29) is 11.7 Å². The monoisotopic (exact) mass is 254 g/mol. The quantitative estimate of drug-likeness (QED) is 0.269. The molecule has 0 aromatic carbocycles. The molecule has 0 radical (unpaired) electrons. The lowest BCUT2D eigenvalue weighted by Gasteiger charge is -2.35. The van der Waals surface area contributed by atoms with Crippen LogP contribution in [0.15, 0.2) is 5.16 Å². The van der Waals surface area contributed by atoms with Crippen molar-refractivity contribution in [2.75, 3.05) is 6.54 Å². The lowest BCUT2D eigenvalue weighted by Crippen LogP contribution is -2.54. The van der Waals surface area contributed by atoms with E-state index in [1.54, 1.807) is 0 Å². The van der Waals surface area contributed by atoms with Crippen LogP contribution < -0.4 is 11.5 Å². The van der Waals surface area contributed by atoms with Crippen LogP contribution in [-0.2, 0) is 9.59 Å². The average Bonchev–Trinajstić information content (AvgIpc) is 3.18. The summed E-state index contributed by atoms with van der Waals surface area (Å²) in [5, 5.41) is 11.7. The molecule has 1 aliphatic carbocycles. The molecule has 0 aromatic rings. The zero-order chi connectivity index (χ0) is 13.3. The Balaban J connectivity index is 2.19. The van der Waals surface area contributed by atoms with Crippen LogP contribution >= 0.6 is 0 Å². The third-order valence-electron chi connectivity index (χ3n) is 3.85. The summed E-state index contributed by atoms with van der Waals surface area (Å²) in [7, 11) is 0. The second-order valence-corrected chi connectivity index (χ2v) is 4.98. The molecule has 0 bridgehead atoms. The molecule has 0 spiro atoms. The van der Waals surface area contributed by atoms with E-state index in [2.05, 4.69) is 5.16 Å². The van der Waals surface area contributed by atoms with Crippen molar-refractivity contribution in [2.24, 2.45) is 22.0 Å². The van der Waals surface area contributed by atoms with Crippen LogP contribution in [-0.4, -0.2) is 40.3 Å². The van der Waals surface area contributed by atoms with E-state index in [1.807, 2.05) is 0 Å². The molecule has 1 saturated carbocycles. The fourth-order valence-corrected chi connectivity index (χ4v) is 2.55. The summed E-state index contributed by atoms with van der Waals surface area (Å²) in [4.78, 5) is 25.3. The van der Waals surface area contributed by atoms with Crippen LogP contribution in [0.5, 0.6) is 0 Å². The van der Waals surface area contributed by atoms with Gasteiger partial charge in [-0.3, -0.25) is 9.59 Å². The largest absolute Gasteiger partial charge is 0.409 e. The summed E-state index contributed by atoms with van der Waals surface area (Å²) in [5.74, 6) is -0.791. The minimum Gasteiger partial charge on any atom is -0.409 e. The van der Waals surface area contributed by atoms with Crippen molar-refractivity contribution in [1.29, 1.82) is 0 Å². The van der Waals surface area contributed by atoms with E-state index in [1.165, 1.54) is 4.90 Å². The number of carbonyl (C=O) groups is 2. The molecule has 1 saturated heterocycles. The first-order valence-corrected chi connectivity index (χ1v) is 6.11. The Kier molecular flexibility index (Phi) is 3.14. The summed E-state index contributed by atoms with van der Waals surface area (Å²) in [5.41, 5.74) is 10.00. The van der Waals surface area contributed by atoms with Crippen LogP contribution in [0.1, 0.15) is 32.1 Å². The van der Waals surface area contributed by atoms with Crippen LogP contribution in [0.25, 0.3) is 0 Å². The zero-order valence-corrected chi connectivity index (χ0v) is 10.1. The number of amides is 2. The van der Waals surface area contributed by atoms with Gasteiger partial charge in [0.05, 0.1) is 0 Å². The molecule has 18 heavy (non-hydrogen) atoms. The number of hydrogen-bond acceptors (Lipinski definition) is 4. The summed E-state index contributed by atoms with van der Waals surface area (Å²) < 4.78 is 0. The van der Waals surface area contributed by atoms with E-state index in [9.17, 15) is 9.59 Å². The molecule has 1 unspecified atom stereocenters. The molecule has 1 atom stereocenters. The zero-order valence-electron chi connectivity index (χ0n) is 10.1. The van der Waals surface area contributed by atoms with Crippen molar-refractivity contribution in [1.82, 2.24) is 4.90 Å². The molecule has 2 amide bonds. The molecule has 0 aromatic heterocycles. The maximum absolute atomic E-state index is 12.4. The number of amidine groups is 1. The van der Waals surface area contributed by atoms with Crippen LogP contribution in [0.2, 0.25) is 0 Å². The summed E-state index contributed by atoms with van der Waals surface area (Å²) in [6.45, 7) is 0.507. The number of primary amides is 1. The highest BCUT2D eigenvalue weighted by Gasteiger charge is 2.57. The first-order chi connectivity index (χ1) is 8.53. The van der Waals surface area contributed by atoms with E-state index in [0.717, 1.165) is 12.8 Å². The van der Waals surface area contributed by atoms with Crippen LogP contribution in [0, 0.1) is 5.41 Å². The Morgan fingerprint density at radius 3 is 2.44 bits per heavy atom. The van der Waals surface area contributed by atoms with Gasteiger partial charge in [0.15, 0.2) is 5.84 Å². The molecule has 100 valence electrons. The number of carbonyl (C=O) groups excluding carboxylic acids is 2. The van der Waals surface area contributed by atoms with Crippen molar-refractivity contribution in [2.45, 2.75) is 38.1 Å². The van der Waals surface area contributed by atoms with Gasteiger partial charge in [-0.2, -0.15) is 0 Å². The Labute approximate surface area is 105 Å². The lowest BCUT2D eigenvalue weighted by molar-refractivity contribution is -0.143. The highest BCUT2D eigenvalue weighted by molar-refractivity contribution is 6.10. The number of rotatable bonds is 3. The Bertz CT molecular complexity index is 403. The predicted octanol–water partition coefficient (Wildman–Crippen LogP) is -0.621. The third-order valence-corrected chi connectivity index (χ3v) is 3.85. The van der Waals surface area contributed by atoms with Gasteiger partial charge in [0.2, 0.25) is 11.8 Å². The molecule has 2 fully saturated rings. The number of nitrogens with two attached hydrogens (primary N) is 2. The molecular weight excluding hydrogens is 236 g/mol. The van der Waals surface area contributed by atoms with Gasteiger partial charge in [-0.25, -0.2) is 0 Å². The Morgan fingerprint density at radius 2 is 1.94 bits per heavy atom. The minimum absolute atomic E-state index is 0.0682. The lowest BCUT2D eigenvalue weighted by atomic mass is 9.96. The standard InChI is InChI=1S/C11H18N4O3/c12-8(16)7-3-1-2-6-15(7)10(17)11(4-5-11)9(13)14-18/h7,18H,1-6H2,(H2,12,16)(H2,13,14). The smallest absolute Gasteiger partial charge is 0.240 e. The fraction of sp³-hybridized carbons (Fsp3) is 0.727. The second kappa shape index (κ2) is 4.47. The number of piperidine rings is 1. The molecule has 1 aliphatic heterocycles. The first kappa shape index (κ1) is 12.7. The normalized spacial score (nSPS) is 26.8. The van der Waals surface area contributed by atoms with Gasteiger partial charge in [-0.05, 0) is 32.1 Å². The van der Waals surface area contributed by atoms with Crippen molar-refractivity contribution < 1.29 is 14.8 Å². The van der Waals surface area contributed by atoms with Gasteiger partial charge >= 0.3 is 0 Å². The molecule has 5 N–H and O–H groups in total. The molecule has 7 nitrogen and oxygen atoms in total. The maximum Gasteiger partial charge on any atom is 0.240 e. The topological polar surface area (TPSA) is 122 Å². The number of oxime groups is 1. The Hall–Kier alpha value is -1.79. The highest BCUT2D eigenvalue weighted by Crippen LogP contribution is 2.48. The van der Waals surface area contributed by atoms with Gasteiger partial charge in [0.1, 0.15) is 11.5 Å². The molecular formula is C11H18N4O3. The van der Waals surface area contributed by atoms with Crippen LogP contribution in [0.3, 0.4) is 0 Å². The molecule has 2 aliphatic rings. The Morgan fingerprint density at radius 1 is 1.28 bits per heavy atom. The van der Waals surface area contributed by atoms with E-state index in [4.69, 9.17) is 16.7 Å².